The summed E-state index contributed by atoms with van der Waals surface area (Å²) in [6.07, 6.45) is 0. The zero-order valence-corrected chi connectivity index (χ0v) is 11.1. The molecule has 0 fully saturated rings. The van der Waals surface area contributed by atoms with Crippen LogP contribution >= 0.6 is 11.8 Å². The molecule has 0 spiro atoms. The molecule has 0 aliphatic carbocycles. The number of aromatic nitrogens is 1. The summed E-state index contributed by atoms with van der Waals surface area (Å²) >= 11 is 0.705. The summed E-state index contributed by atoms with van der Waals surface area (Å²) in [6.45, 7) is 0. The van der Waals surface area contributed by atoms with Crippen molar-refractivity contribution in [3.05, 3.63) is 52.1 Å². The van der Waals surface area contributed by atoms with Gasteiger partial charge in [-0.25, -0.2) is 13.8 Å². The summed E-state index contributed by atoms with van der Waals surface area (Å²) < 4.78 is 26.7. The van der Waals surface area contributed by atoms with E-state index >= 15 is 0 Å². The molecule has 0 saturated heterocycles. The minimum atomic E-state index is -0.664. The fourth-order valence-electron chi connectivity index (χ4n) is 1.45. The number of benzene rings is 1. The second kappa shape index (κ2) is 5.83. The minimum Gasteiger partial charge on any atom is -0.373 e. The van der Waals surface area contributed by atoms with Gasteiger partial charge in [-0.05, 0) is 24.3 Å². The SMILES string of the molecule is CNc1ccc([N+](=O)[O-])c(Sc2cc(F)ccc2F)n1. The average molecular weight is 297 g/mol. The average Bonchev–Trinajstić information content (AvgIpc) is 2.42. The van der Waals surface area contributed by atoms with Crippen LogP contribution in [0, 0.1) is 21.7 Å². The lowest BCUT2D eigenvalue weighted by molar-refractivity contribution is -0.388. The highest BCUT2D eigenvalue weighted by Crippen LogP contribution is 2.35. The molecule has 0 atom stereocenters. The molecule has 20 heavy (non-hydrogen) atoms. The van der Waals surface area contributed by atoms with Gasteiger partial charge in [-0.3, -0.25) is 10.1 Å². The predicted molar refractivity (Wildman–Crippen MR) is 70.9 cm³/mol. The third-order valence-electron chi connectivity index (χ3n) is 2.39. The third-order valence-corrected chi connectivity index (χ3v) is 3.42. The largest absolute Gasteiger partial charge is 0.373 e. The summed E-state index contributed by atoms with van der Waals surface area (Å²) in [6, 6.07) is 5.61. The minimum absolute atomic E-state index is 0.00801. The van der Waals surface area contributed by atoms with Crippen molar-refractivity contribution in [3.8, 4) is 0 Å². The molecule has 1 N–H and O–H groups in total. The number of hydrogen-bond donors (Lipinski definition) is 1. The first-order valence-corrected chi connectivity index (χ1v) is 6.29. The second-order valence-electron chi connectivity index (χ2n) is 3.70. The van der Waals surface area contributed by atoms with E-state index < -0.39 is 16.6 Å². The Bertz CT molecular complexity index is 667. The van der Waals surface area contributed by atoms with Crippen molar-refractivity contribution in [2.24, 2.45) is 0 Å². The maximum atomic E-state index is 13.6. The van der Waals surface area contributed by atoms with E-state index in [1.54, 1.807) is 7.05 Å². The number of pyridine rings is 1. The summed E-state index contributed by atoms with van der Waals surface area (Å²) in [7, 11) is 1.60. The van der Waals surface area contributed by atoms with Gasteiger partial charge >= 0.3 is 5.69 Å². The van der Waals surface area contributed by atoms with Crippen LogP contribution in [0.3, 0.4) is 0 Å². The molecule has 104 valence electrons. The van der Waals surface area contributed by atoms with Crippen LogP contribution in [0.25, 0.3) is 0 Å². The fraction of sp³-hybridized carbons (Fsp3) is 0.0833. The van der Waals surface area contributed by atoms with E-state index in [1.807, 2.05) is 0 Å². The van der Waals surface area contributed by atoms with Gasteiger partial charge in [-0.2, -0.15) is 0 Å². The van der Waals surface area contributed by atoms with Crippen molar-refractivity contribution in [2.45, 2.75) is 9.92 Å². The van der Waals surface area contributed by atoms with Gasteiger partial charge in [0.15, 0.2) is 5.03 Å². The van der Waals surface area contributed by atoms with Crippen LogP contribution in [0.1, 0.15) is 0 Å². The molecule has 1 aromatic heterocycles. The summed E-state index contributed by atoms with van der Waals surface area (Å²) in [5, 5.41) is 13.6. The molecule has 5 nitrogen and oxygen atoms in total. The Labute approximate surface area is 117 Å². The molecule has 0 aliphatic rings. The van der Waals surface area contributed by atoms with E-state index in [0.29, 0.717) is 17.6 Å². The maximum Gasteiger partial charge on any atom is 0.301 e. The topological polar surface area (TPSA) is 68.1 Å². The molecule has 0 amide bonds. The van der Waals surface area contributed by atoms with Crippen LogP contribution in [0.4, 0.5) is 20.3 Å². The van der Waals surface area contributed by atoms with Gasteiger partial charge < -0.3 is 5.32 Å². The lowest BCUT2D eigenvalue weighted by Crippen LogP contribution is -1.98. The molecule has 2 rings (SSSR count). The first-order chi connectivity index (χ1) is 9.51. The van der Waals surface area contributed by atoms with E-state index in [2.05, 4.69) is 10.3 Å². The molecule has 8 heteroatoms. The van der Waals surface area contributed by atoms with Crippen LogP contribution in [-0.2, 0) is 0 Å². The van der Waals surface area contributed by atoms with Gasteiger partial charge in [0.05, 0.1) is 9.82 Å². The van der Waals surface area contributed by atoms with Crippen LogP contribution in [-0.4, -0.2) is 17.0 Å². The van der Waals surface area contributed by atoms with Crippen LogP contribution in [0.5, 0.6) is 0 Å². The molecule has 0 unspecified atom stereocenters. The molecule has 2 aromatic rings. The molecular formula is C12H9F2N3O2S. The molecule has 1 aromatic carbocycles. The second-order valence-corrected chi connectivity index (χ2v) is 4.74. The van der Waals surface area contributed by atoms with Crippen LogP contribution < -0.4 is 5.32 Å². The highest BCUT2D eigenvalue weighted by molar-refractivity contribution is 7.99. The molecule has 0 saturated carbocycles. The van der Waals surface area contributed by atoms with E-state index in [4.69, 9.17) is 0 Å². The van der Waals surface area contributed by atoms with Gasteiger partial charge in [0.25, 0.3) is 0 Å². The van der Waals surface area contributed by atoms with E-state index in [0.717, 1.165) is 18.2 Å². The molecule has 0 aliphatic heterocycles. The number of anilines is 1. The van der Waals surface area contributed by atoms with Gasteiger partial charge in [0.2, 0.25) is 0 Å². The Morgan fingerprint density at radius 2 is 2.05 bits per heavy atom. The highest BCUT2D eigenvalue weighted by atomic mass is 32.2. The number of nitrogens with zero attached hydrogens (tertiary/aromatic N) is 2. The number of halogens is 2. The summed E-state index contributed by atoms with van der Waals surface area (Å²) in [4.78, 5) is 14.2. The quantitative estimate of drug-likeness (QED) is 0.691. The van der Waals surface area contributed by atoms with Crippen molar-refractivity contribution < 1.29 is 13.7 Å². The van der Waals surface area contributed by atoms with Crippen molar-refractivity contribution in [2.75, 3.05) is 12.4 Å². The Morgan fingerprint density at radius 3 is 2.70 bits per heavy atom. The Hall–Kier alpha value is -2.22. The molecular weight excluding hydrogens is 288 g/mol. The van der Waals surface area contributed by atoms with Crippen LogP contribution in [0.2, 0.25) is 0 Å². The van der Waals surface area contributed by atoms with Gasteiger partial charge in [-0.1, -0.05) is 11.8 Å². The standard InChI is InChI=1S/C12H9F2N3O2S/c1-15-11-5-4-9(17(18)19)12(16-11)20-10-6-7(13)2-3-8(10)14/h2-6H,1H3,(H,15,16). The number of nitrogens with one attached hydrogen (secondary N) is 1. The number of nitro groups is 1. The predicted octanol–water partition coefficient (Wildman–Crippen LogP) is 3.46. The van der Waals surface area contributed by atoms with Crippen molar-refractivity contribution in [3.63, 3.8) is 0 Å². The first-order valence-electron chi connectivity index (χ1n) is 5.47. The van der Waals surface area contributed by atoms with E-state index in [-0.39, 0.29) is 15.6 Å². The Morgan fingerprint density at radius 1 is 1.30 bits per heavy atom. The van der Waals surface area contributed by atoms with Crippen LogP contribution in [0.15, 0.2) is 40.3 Å². The zero-order valence-electron chi connectivity index (χ0n) is 10.3. The van der Waals surface area contributed by atoms with Gasteiger partial charge in [0.1, 0.15) is 17.5 Å². The molecule has 1 heterocycles. The van der Waals surface area contributed by atoms with Gasteiger partial charge in [-0.15, -0.1) is 0 Å². The maximum absolute atomic E-state index is 13.6. The van der Waals surface area contributed by atoms with E-state index in [1.165, 1.54) is 12.1 Å². The number of rotatable bonds is 4. The zero-order chi connectivity index (χ0) is 14.7. The van der Waals surface area contributed by atoms with Crippen molar-refractivity contribution in [1.82, 2.24) is 4.98 Å². The Balaban J connectivity index is 2.45. The summed E-state index contributed by atoms with van der Waals surface area (Å²) in [5.41, 5.74) is -0.266. The summed E-state index contributed by atoms with van der Waals surface area (Å²) in [5.74, 6) is -0.890. The fourth-order valence-corrected chi connectivity index (χ4v) is 2.38. The first kappa shape index (κ1) is 14.2. The smallest absolute Gasteiger partial charge is 0.301 e. The van der Waals surface area contributed by atoms with Gasteiger partial charge in [0, 0.05) is 13.1 Å². The molecule has 0 radical (unpaired) electrons. The monoisotopic (exact) mass is 297 g/mol. The number of hydrogen-bond acceptors (Lipinski definition) is 5. The third kappa shape index (κ3) is 3.02. The lowest BCUT2D eigenvalue weighted by atomic mass is 10.3. The highest BCUT2D eigenvalue weighted by Gasteiger charge is 2.19. The Kier molecular flexibility index (Phi) is 4.14. The lowest BCUT2D eigenvalue weighted by Gasteiger charge is -2.06. The van der Waals surface area contributed by atoms with Crippen molar-refractivity contribution in [1.29, 1.82) is 0 Å². The van der Waals surface area contributed by atoms with E-state index in [9.17, 15) is 18.9 Å². The molecule has 0 bridgehead atoms. The normalized spacial score (nSPS) is 10.3. The van der Waals surface area contributed by atoms with Crippen molar-refractivity contribution >= 4 is 23.3 Å².